The summed E-state index contributed by atoms with van der Waals surface area (Å²) < 4.78 is 5.41. The molecule has 0 spiro atoms. The number of hydrogen-bond donors (Lipinski definition) is 0. The number of furan rings is 1. The Hall–Kier alpha value is -1.29. The molecule has 1 aromatic carbocycles. The highest BCUT2D eigenvalue weighted by Crippen LogP contribution is 2.16. The lowest BCUT2D eigenvalue weighted by Gasteiger charge is -2.34. The maximum atomic E-state index is 6.21. The fourth-order valence-corrected chi connectivity index (χ4v) is 3.00. The van der Waals surface area contributed by atoms with Gasteiger partial charge in [-0.1, -0.05) is 29.8 Å². The summed E-state index contributed by atoms with van der Waals surface area (Å²) in [5.74, 6) is 1.06. The monoisotopic (exact) mass is 304 g/mol. The van der Waals surface area contributed by atoms with E-state index in [1.54, 1.807) is 6.26 Å². The van der Waals surface area contributed by atoms with Gasteiger partial charge in [0.15, 0.2) is 0 Å². The van der Waals surface area contributed by atoms with Gasteiger partial charge in [0.1, 0.15) is 5.76 Å². The molecular formula is C17H21ClN2O. The van der Waals surface area contributed by atoms with Gasteiger partial charge in [-0.2, -0.15) is 0 Å². The predicted molar refractivity (Wildman–Crippen MR) is 85.6 cm³/mol. The molecule has 0 aliphatic carbocycles. The molecule has 1 fully saturated rings. The standard InChI is InChI=1S/C17H21ClN2O/c18-17-6-2-1-4-15(17)7-8-19-9-11-20(12-10-19)14-16-5-3-13-21-16/h1-6,13H,7-12,14H2. The first-order valence-electron chi connectivity index (χ1n) is 7.52. The van der Waals surface area contributed by atoms with Crippen LogP contribution in [0.15, 0.2) is 47.1 Å². The van der Waals surface area contributed by atoms with Gasteiger partial charge in [-0.25, -0.2) is 0 Å². The highest BCUT2D eigenvalue weighted by atomic mass is 35.5. The fraction of sp³-hybridized carbons (Fsp3) is 0.412. The summed E-state index contributed by atoms with van der Waals surface area (Å²) in [4.78, 5) is 4.97. The maximum Gasteiger partial charge on any atom is 0.117 e. The molecule has 3 nitrogen and oxygen atoms in total. The predicted octanol–water partition coefficient (Wildman–Crippen LogP) is 3.29. The Morgan fingerprint density at radius 2 is 1.71 bits per heavy atom. The second-order valence-corrected chi connectivity index (χ2v) is 5.95. The number of piperazine rings is 1. The lowest BCUT2D eigenvalue weighted by molar-refractivity contribution is 0.122. The van der Waals surface area contributed by atoms with Crippen molar-refractivity contribution in [2.45, 2.75) is 13.0 Å². The summed E-state index contributed by atoms with van der Waals surface area (Å²) in [5.41, 5.74) is 1.25. The van der Waals surface area contributed by atoms with E-state index in [2.05, 4.69) is 21.9 Å². The molecule has 0 amide bonds. The lowest BCUT2D eigenvalue weighted by atomic mass is 10.1. The van der Waals surface area contributed by atoms with Crippen LogP contribution >= 0.6 is 11.6 Å². The highest BCUT2D eigenvalue weighted by Gasteiger charge is 2.17. The molecule has 1 aliphatic heterocycles. The Kier molecular flexibility index (Phi) is 4.96. The van der Waals surface area contributed by atoms with Crippen molar-refractivity contribution in [1.82, 2.24) is 9.80 Å². The third-order valence-corrected chi connectivity index (χ3v) is 4.45. The summed E-state index contributed by atoms with van der Waals surface area (Å²) in [7, 11) is 0. The van der Waals surface area contributed by atoms with Crippen LogP contribution in [0.25, 0.3) is 0 Å². The molecule has 1 saturated heterocycles. The summed E-state index contributed by atoms with van der Waals surface area (Å²) >= 11 is 6.21. The van der Waals surface area contributed by atoms with Gasteiger partial charge in [-0.05, 0) is 30.2 Å². The van der Waals surface area contributed by atoms with Crippen LogP contribution in [0.3, 0.4) is 0 Å². The number of rotatable bonds is 5. The third kappa shape index (κ3) is 4.10. The summed E-state index contributed by atoms with van der Waals surface area (Å²) in [5, 5.41) is 0.883. The second kappa shape index (κ2) is 7.12. The van der Waals surface area contributed by atoms with E-state index in [0.29, 0.717) is 0 Å². The molecule has 2 aromatic rings. The Bertz CT molecular complexity index is 548. The van der Waals surface area contributed by atoms with Crippen molar-refractivity contribution in [3.05, 3.63) is 59.0 Å². The minimum atomic E-state index is 0.883. The maximum absolute atomic E-state index is 6.21. The molecule has 0 radical (unpaired) electrons. The van der Waals surface area contributed by atoms with Gasteiger partial charge < -0.3 is 9.32 Å². The molecule has 1 aliphatic rings. The van der Waals surface area contributed by atoms with Gasteiger partial charge in [0, 0.05) is 37.7 Å². The van der Waals surface area contributed by atoms with Crippen molar-refractivity contribution in [2.75, 3.05) is 32.7 Å². The van der Waals surface area contributed by atoms with E-state index in [-0.39, 0.29) is 0 Å². The van der Waals surface area contributed by atoms with Crippen molar-refractivity contribution >= 4 is 11.6 Å². The number of nitrogens with zero attached hydrogens (tertiary/aromatic N) is 2. The van der Waals surface area contributed by atoms with Crippen LogP contribution in [-0.4, -0.2) is 42.5 Å². The average molecular weight is 305 g/mol. The summed E-state index contributed by atoms with van der Waals surface area (Å²) in [6, 6.07) is 12.1. The van der Waals surface area contributed by atoms with Gasteiger partial charge in [0.05, 0.1) is 12.8 Å². The smallest absolute Gasteiger partial charge is 0.117 e. The number of halogens is 1. The third-order valence-electron chi connectivity index (χ3n) is 4.08. The average Bonchev–Trinajstić information content (AvgIpc) is 3.01. The summed E-state index contributed by atoms with van der Waals surface area (Å²) in [6.07, 6.45) is 2.77. The zero-order valence-corrected chi connectivity index (χ0v) is 12.9. The molecule has 2 heterocycles. The van der Waals surface area contributed by atoms with Crippen LogP contribution in [0.2, 0.25) is 5.02 Å². The van der Waals surface area contributed by atoms with Gasteiger partial charge >= 0.3 is 0 Å². The van der Waals surface area contributed by atoms with Gasteiger partial charge in [-0.15, -0.1) is 0 Å². The van der Waals surface area contributed by atoms with E-state index >= 15 is 0 Å². The first kappa shape index (κ1) is 14.6. The molecule has 1 aromatic heterocycles. The number of benzene rings is 1. The molecule has 21 heavy (non-hydrogen) atoms. The molecule has 112 valence electrons. The van der Waals surface area contributed by atoms with Crippen molar-refractivity contribution in [2.24, 2.45) is 0 Å². The molecule has 0 saturated carbocycles. The molecule has 0 N–H and O–H groups in total. The first-order valence-corrected chi connectivity index (χ1v) is 7.89. The van der Waals surface area contributed by atoms with Crippen LogP contribution in [0.4, 0.5) is 0 Å². The van der Waals surface area contributed by atoms with E-state index < -0.39 is 0 Å². The topological polar surface area (TPSA) is 19.6 Å². The quantitative estimate of drug-likeness (QED) is 0.845. The number of hydrogen-bond acceptors (Lipinski definition) is 3. The van der Waals surface area contributed by atoms with E-state index in [4.69, 9.17) is 16.0 Å². The van der Waals surface area contributed by atoms with Crippen molar-refractivity contribution in [1.29, 1.82) is 0 Å². The van der Waals surface area contributed by atoms with Crippen LogP contribution in [0.1, 0.15) is 11.3 Å². The van der Waals surface area contributed by atoms with Crippen LogP contribution in [-0.2, 0) is 13.0 Å². The summed E-state index contributed by atoms with van der Waals surface area (Å²) in [6.45, 7) is 6.44. The SMILES string of the molecule is Clc1ccccc1CCN1CCN(Cc2ccco2)CC1. The molecule has 0 bridgehead atoms. The molecular weight excluding hydrogens is 284 g/mol. The Balaban J connectivity index is 1.43. The minimum absolute atomic E-state index is 0.883. The Labute approximate surface area is 131 Å². The van der Waals surface area contributed by atoms with Gasteiger partial charge in [0.25, 0.3) is 0 Å². The van der Waals surface area contributed by atoms with Crippen LogP contribution in [0, 0.1) is 0 Å². The highest BCUT2D eigenvalue weighted by molar-refractivity contribution is 6.31. The van der Waals surface area contributed by atoms with Crippen molar-refractivity contribution in [3.63, 3.8) is 0 Å². The molecule has 3 rings (SSSR count). The second-order valence-electron chi connectivity index (χ2n) is 5.54. The van der Waals surface area contributed by atoms with Crippen LogP contribution < -0.4 is 0 Å². The molecule has 0 unspecified atom stereocenters. The fourth-order valence-electron chi connectivity index (χ4n) is 2.77. The zero-order chi connectivity index (χ0) is 14.5. The minimum Gasteiger partial charge on any atom is -0.468 e. The normalized spacial score (nSPS) is 17.2. The van der Waals surface area contributed by atoms with E-state index in [0.717, 1.165) is 56.5 Å². The van der Waals surface area contributed by atoms with Crippen molar-refractivity contribution in [3.8, 4) is 0 Å². The van der Waals surface area contributed by atoms with Gasteiger partial charge in [0.2, 0.25) is 0 Å². The Morgan fingerprint density at radius 1 is 0.952 bits per heavy atom. The molecule has 0 atom stereocenters. The van der Waals surface area contributed by atoms with E-state index in [9.17, 15) is 0 Å². The first-order chi connectivity index (χ1) is 10.3. The van der Waals surface area contributed by atoms with E-state index in [1.165, 1.54) is 5.56 Å². The largest absolute Gasteiger partial charge is 0.468 e. The Morgan fingerprint density at radius 3 is 2.43 bits per heavy atom. The van der Waals surface area contributed by atoms with Crippen molar-refractivity contribution < 1.29 is 4.42 Å². The van der Waals surface area contributed by atoms with Gasteiger partial charge in [-0.3, -0.25) is 4.90 Å². The van der Waals surface area contributed by atoms with Crippen LogP contribution in [0.5, 0.6) is 0 Å². The molecule has 4 heteroatoms. The van der Waals surface area contributed by atoms with E-state index in [1.807, 2.05) is 24.3 Å². The zero-order valence-electron chi connectivity index (χ0n) is 12.2. The lowest BCUT2D eigenvalue weighted by Crippen LogP contribution is -2.46.